The molecular formula is C24H34N4O3. The van der Waals surface area contributed by atoms with Crippen LogP contribution in [0.15, 0.2) is 36.7 Å². The summed E-state index contributed by atoms with van der Waals surface area (Å²) >= 11 is 0. The van der Waals surface area contributed by atoms with Crippen molar-refractivity contribution in [3.8, 4) is 0 Å². The number of nitrogens with one attached hydrogen (secondary N) is 1. The lowest BCUT2D eigenvalue weighted by Crippen LogP contribution is -2.57. The van der Waals surface area contributed by atoms with Crippen molar-refractivity contribution in [2.45, 2.75) is 52.7 Å². The van der Waals surface area contributed by atoms with Crippen LogP contribution in [0.2, 0.25) is 0 Å². The molecule has 0 spiro atoms. The maximum atomic E-state index is 12.9. The molecule has 1 fully saturated rings. The molecule has 1 N–H and O–H groups in total. The van der Waals surface area contributed by atoms with Gasteiger partial charge in [-0.15, -0.1) is 0 Å². The Labute approximate surface area is 184 Å². The van der Waals surface area contributed by atoms with E-state index in [0.29, 0.717) is 12.5 Å². The van der Waals surface area contributed by atoms with Crippen LogP contribution in [-0.2, 0) is 9.53 Å². The summed E-state index contributed by atoms with van der Waals surface area (Å²) in [4.78, 5) is 33.4. The van der Waals surface area contributed by atoms with Gasteiger partial charge in [-0.1, -0.05) is 26.0 Å². The molecule has 3 rings (SSSR count). The van der Waals surface area contributed by atoms with E-state index in [1.807, 2.05) is 23.4 Å². The summed E-state index contributed by atoms with van der Waals surface area (Å²) in [5.41, 5.74) is 0.583. The SMILES string of the molecule is CC(C)CC1CN(c2cccc3cnccc23)CCN1C(=O)CNC(=O)OC(C)(C)C. The molecular weight excluding hydrogens is 392 g/mol. The average Bonchev–Trinajstić information content (AvgIpc) is 2.70. The van der Waals surface area contributed by atoms with E-state index in [0.717, 1.165) is 24.9 Å². The normalized spacial score (nSPS) is 17.2. The number of nitrogens with zero attached hydrogens (tertiary/aromatic N) is 3. The van der Waals surface area contributed by atoms with Crippen molar-refractivity contribution in [3.05, 3.63) is 36.7 Å². The van der Waals surface area contributed by atoms with Crippen molar-refractivity contribution in [3.63, 3.8) is 0 Å². The summed E-state index contributed by atoms with van der Waals surface area (Å²) in [6, 6.07) is 8.39. The van der Waals surface area contributed by atoms with Gasteiger partial charge >= 0.3 is 6.09 Å². The first-order chi connectivity index (χ1) is 14.6. The molecule has 31 heavy (non-hydrogen) atoms. The van der Waals surface area contributed by atoms with E-state index in [1.165, 1.54) is 11.1 Å². The van der Waals surface area contributed by atoms with Crippen LogP contribution in [-0.4, -0.2) is 59.7 Å². The average molecular weight is 427 g/mol. The summed E-state index contributed by atoms with van der Waals surface area (Å²) in [6.45, 7) is 11.8. The molecule has 2 aromatic rings. The first kappa shape index (κ1) is 22.8. The molecule has 0 bridgehead atoms. The van der Waals surface area contributed by atoms with Gasteiger partial charge < -0.3 is 19.9 Å². The van der Waals surface area contributed by atoms with Crippen LogP contribution < -0.4 is 10.2 Å². The first-order valence-electron chi connectivity index (χ1n) is 11.0. The number of ether oxygens (including phenoxy) is 1. The molecule has 1 saturated heterocycles. The monoisotopic (exact) mass is 426 g/mol. The molecule has 7 heteroatoms. The van der Waals surface area contributed by atoms with Crippen molar-refractivity contribution in [2.24, 2.45) is 5.92 Å². The number of alkyl carbamates (subject to hydrolysis) is 1. The van der Waals surface area contributed by atoms with E-state index < -0.39 is 11.7 Å². The van der Waals surface area contributed by atoms with E-state index in [9.17, 15) is 9.59 Å². The van der Waals surface area contributed by atoms with Crippen LogP contribution in [0.3, 0.4) is 0 Å². The zero-order valence-corrected chi connectivity index (χ0v) is 19.2. The molecule has 168 valence electrons. The summed E-state index contributed by atoms with van der Waals surface area (Å²) in [5, 5.41) is 4.89. The molecule has 1 aliphatic heterocycles. The van der Waals surface area contributed by atoms with Gasteiger partial charge in [0.25, 0.3) is 0 Å². The van der Waals surface area contributed by atoms with Crippen molar-refractivity contribution in [1.29, 1.82) is 0 Å². The minimum atomic E-state index is -0.590. The van der Waals surface area contributed by atoms with Gasteiger partial charge in [0.05, 0.1) is 0 Å². The Hall–Kier alpha value is -2.83. The fourth-order valence-electron chi connectivity index (χ4n) is 4.09. The van der Waals surface area contributed by atoms with E-state index >= 15 is 0 Å². The molecule has 2 amide bonds. The molecule has 0 saturated carbocycles. The Morgan fingerprint density at radius 3 is 2.71 bits per heavy atom. The van der Waals surface area contributed by atoms with Gasteiger partial charge in [0.15, 0.2) is 0 Å². The van der Waals surface area contributed by atoms with Crippen LogP contribution in [0.25, 0.3) is 10.8 Å². The molecule has 1 aromatic heterocycles. The van der Waals surface area contributed by atoms with Gasteiger partial charge in [0.1, 0.15) is 12.1 Å². The minimum Gasteiger partial charge on any atom is -0.444 e. The maximum absolute atomic E-state index is 12.9. The molecule has 1 unspecified atom stereocenters. The Balaban J connectivity index is 1.71. The van der Waals surface area contributed by atoms with E-state index in [4.69, 9.17) is 4.74 Å². The summed E-state index contributed by atoms with van der Waals surface area (Å²) in [7, 11) is 0. The Morgan fingerprint density at radius 1 is 1.23 bits per heavy atom. The second kappa shape index (κ2) is 9.54. The van der Waals surface area contributed by atoms with Crippen molar-refractivity contribution >= 4 is 28.5 Å². The van der Waals surface area contributed by atoms with Gasteiger partial charge in [-0.2, -0.15) is 0 Å². The summed E-state index contributed by atoms with van der Waals surface area (Å²) in [5.74, 6) is 0.383. The first-order valence-corrected chi connectivity index (χ1v) is 11.0. The molecule has 7 nitrogen and oxygen atoms in total. The van der Waals surface area contributed by atoms with Crippen molar-refractivity contribution in [2.75, 3.05) is 31.1 Å². The number of hydrogen-bond donors (Lipinski definition) is 1. The fourth-order valence-corrected chi connectivity index (χ4v) is 4.09. The highest BCUT2D eigenvalue weighted by molar-refractivity contribution is 5.94. The number of anilines is 1. The second-order valence-electron chi connectivity index (χ2n) is 9.55. The smallest absolute Gasteiger partial charge is 0.408 e. The highest BCUT2D eigenvalue weighted by atomic mass is 16.6. The van der Waals surface area contributed by atoms with Crippen LogP contribution >= 0.6 is 0 Å². The number of piperazine rings is 1. The number of amides is 2. The number of carbonyl (C=O) groups is 2. The number of rotatable bonds is 5. The van der Waals surface area contributed by atoms with Crippen LogP contribution in [0, 0.1) is 5.92 Å². The largest absolute Gasteiger partial charge is 0.444 e. The highest BCUT2D eigenvalue weighted by Gasteiger charge is 2.31. The molecule has 1 aliphatic rings. The Bertz CT molecular complexity index is 917. The number of pyridine rings is 1. The van der Waals surface area contributed by atoms with Crippen LogP contribution in [0.5, 0.6) is 0 Å². The number of aromatic nitrogens is 1. The zero-order chi connectivity index (χ0) is 22.6. The molecule has 1 aromatic carbocycles. The van der Waals surface area contributed by atoms with Gasteiger partial charge in [0.2, 0.25) is 5.91 Å². The van der Waals surface area contributed by atoms with Gasteiger partial charge in [-0.3, -0.25) is 9.78 Å². The summed E-state index contributed by atoms with van der Waals surface area (Å²) in [6.07, 6.45) is 4.04. The third-order valence-electron chi connectivity index (χ3n) is 5.33. The van der Waals surface area contributed by atoms with Gasteiger partial charge in [-0.05, 0) is 45.2 Å². The van der Waals surface area contributed by atoms with Crippen molar-refractivity contribution in [1.82, 2.24) is 15.2 Å². The Kier molecular flexibility index (Phi) is 7.03. The molecule has 1 atom stereocenters. The fraction of sp³-hybridized carbons (Fsp3) is 0.542. The van der Waals surface area contributed by atoms with E-state index in [1.54, 1.807) is 20.8 Å². The second-order valence-corrected chi connectivity index (χ2v) is 9.55. The number of carbonyl (C=O) groups excluding carboxylic acids is 2. The van der Waals surface area contributed by atoms with E-state index in [2.05, 4.69) is 47.2 Å². The number of fused-ring (bicyclic) bond motifs is 1. The quantitative estimate of drug-likeness (QED) is 0.787. The standard InChI is InChI=1S/C24H34N4O3/c1-17(2)13-19-16-27(21-8-6-7-18-14-25-10-9-20(18)21)11-12-28(19)22(29)15-26-23(30)31-24(3,4)5/h6-10,14,17,19H,11-13,15-16H2,1-5H3,(H,26,30). The highest BCUT2D eigenvalue weighted by Crippen LogP contribution is 2.29. The zero-order valence-electron chi connectivity index (χ0n) is 19.2. The lowest BCUT2D eigenvalue weighted by Gasteiger charge is -2.43. The Morgan fingerprint density at radius 2 is 2.00 bits per heavy atom. The minimum absolute atomic E-state index is 0.0521. The third kappa shape index (κ3) is 6.09. The third-order valence-corrected chi connectivity index (χ3v) is 5.33. The van der Waals surface area contributed by atoms with Gasteiger partial charge in [0, 0.05) is 54.5 Å². The van der Waals surface area contributed by atoms with E-state index in [-0.39, 0.29) is 18.5 Å². The van der Waals surface area contributed by atoms with Gasteiger partial charge in [-0.25, -0.2) is 4.79 Å². The van der Waals surface area contributed by atoms with Crippen LogP contribution in [0.4, 0.5) is 10.5 Å². The molecule has 2 heterocycles. The maximum Gasteiger partial charge on any atom is 0.408 e. The lowest BCUT2D eigenvalue weighted by atomic mass is 9.99. The summed E-state index contributed by atoms with van der Waals surface area (Å²) < 4.78 is 5.25. The van der Waals surface area contributed by atoms with Crippen LogP contribution in [0.1, 0.15) is 41.0 Å². The predicted molar refractivity (Wildman–Crippen MR) is 123 cm³/mol. The predicted octanol–water partition coefficient (Wildman–Crippen LogP) is 3.82. The number of benzene rings is 1. The topological polar surface area (TPSA) is 74.8 Å². The lowest BCUT2D eigenvalue weighted by molar-refractivity contribution is -0.133. The molecule has 0 radical (unpaired) electrons. The number of hydrogen-bond acceptors (Lipinski definition) is 5. The van der Waals surface area contributed by atoms with Crippen molar-refractivity contribution < 1.29 is 14.3 Å². The molecule has 0 aliphatic carbocycles.